The van der Waals surface area contributed by atoms with Gasteiger partial charge in [0.15, 0.2) is 5.82 Å². The molecule has 2 heterocycles. The molecule has 0 spiro atoms. The van der Waals surface area contributed by atoms with Crippen LogP contribution < -0.4 is 5.32 Å². The minimum absolute atomic E-state index is 0.0518. The van der Waals surface area contributed by atoms with Crippen molar-refractivity contribution in [2.24, 2.45) is 0 Å². The van der Waals surface area contributed by atoms with Gasteiger partial charge in [0.25, 0.3) is 9.84 Å². The fourth-order valence-electron chi connectivity index (χ4n) is 2.79. The highest BCUT2D eigenvalue weighted by molar-refractivity contribution is 7.92. The second-order valence-electron chi connectivity index (χ2n) is 5.81. The molecule has 0 saturated heterocycles. The second-order valence-corrected chi connectivity index (χ2v) is 7.71. The first-order chi connectivity index (χ1) is 11.7. The molecule has 1 atom stereocenters. The van der Waals surface area contributed by atoms with Crippen molar-refractivity contribution in [2.45, 2.75) is 49.2 Å². The highest BCUT2D eigenvalue weighted by Crippen LogP contribution is 2.34. The third-order valence-electron chi connectivity index (χ3n) is 4.06. The van der Waals surface area contributed by atoms with Crippen molar-refractivity contribution < 1.29 is 21.6 Å². The normalized spacial score (nSPS) is 18.0. The van der Waals surface area contributed by atoms with Crippen LogP contribution >= 0.6 is 0 Å². The summed E-state index contributed by atoms with van der Waals surface area (Å²) < 4.78 is 63.9. The Hall–Kier alpha value is -2.10. The van der Waals surface area contributed by atoms with Gasteiger partial charge in [-0.25, -0.2) is 18.1 Å². The maximum absolute atomic E-state index is 12.9. The van der Waals surface area contributed by atoms with Crippen molar-refractivity contribution in [2.75, 3.05) is 5.32 Å². The SMILES string of the molecule is CCc1nc2n(n1)CC(Nc1ccccc1S(=O)(=O)C(F)(F)F)CC2. The minimum Gasteiger partial charge on any atom is -0.379 e. The molecular formula is C15H17F3N4O2S. The summed E-state index contributed by atoms with van der Waals surface area (Å²) in [4.78, 5) is 3.62. The molecule has 1 aromatic carbocycles. The summed E-state index contributed by atoms with van der Waals surface area (Å²) >= 11 is 0. The fourth-order valence-corrected chi connectivity index (χ4v) is 3.72. The molecule has 1 aromatic heterocycles. The van der Waals surface area contributed by atoms with E-state index in [9.17, 15) is 21.6 Å². The number of sulfone groups is 1. The van der Waals surface area contributed by atoms with Gasteiger partial charge in [-0.3, -0.25) is 0 Å². The molecule has 6 nitrogen and oxygen atoms in total. The number of nitrogens with zero attached hydrogens (tertiary/aromatic N) is 3. The Labute approximate surface area is 143 Å². The summed E-state index contributed by atoms with van der Waals surface area (Å²) in [6.45, 7) is 2.36. The van der Waals surface area contributed by atoms with Crippen LogP contribution in [-0.2, 0) is 29.2 Å². The van der Waals surface area contributed by atoms with E-state index in [1.807, 2.05) is 6.92 Å². The zero-order chi connectivity index (χ0) is 18.2. The molecule has 0 bridgehead atoms. The number of benzene rings is 1. The topological polar surface area (TPSA) is 76.9 Å². The minimum atomic E-state index is -5.42. The zero-order valence-electron chi connectivity index (χ0n) is 13.4. The van der Waals surface area contributed by atoms with Gasteiger partial charge < -0.3 is 5.32 Å². The Kier molecular flexibility index (Phi) is 4.48. The highest BCUT2D eigenvalue weighted by atomic mass is 32.2. The van der Waals surface area contributed by atoms with Gasteiger partial charge >= 0.3 is 5.51 Å². The van der Waals surface area contributed by atoms with Crippen LogP contribution in [0.5, 0.6) is 0 Å². The Balaban J connectivity index is 1.85. The molecule has 2 aromatic rings. The van der Waals surface area contributed by atoms with Crippen LogP contribution in [0.4, 0.5) is 18.9 Å². The van der Waals surface area contributed by atoms with Crippen molar-refractivity contribution in [1.29, 1.82) is 0 Å². The number of hydrogen-bond acceptors (Lipinski definition) is 5. The summed E-state index contributed by atoms with van der Waals surface area (Å²) in [5.74, 6) is 1.56. The lowest BCUT2D eigenvalue weighted by molar-refractivity contribution is -0.0435. The number of anilines is 1. The molecule has 0 fully saturated rings. The molecule has 0 amide bonds. The van der Waals surface area contributed by atoms with Crippen LogP contribution in [0.1, 0.15) is 25.0 Å². The van der Waals surface area contributed by atoms with Gasteiger partial charge in [-0.1, -0.05) is 19.1 Å². The summed E-state index contributed by atoms with van der Waals surface area (Å²) in [6, 6.07) is 4.84. The number of rotatable bonds is 4. The van der Waals surface area contributed by atoms with Crippen LogP contribution in [0.15, 0.2) is 29.2 Å². The molecule has 1 unspecified atom stereocenters. The van der Waals surface area contributed by atoms with Gasteiger partial charge in [-0.2, -0.15) is 18.3 Å². The first-order valence-electron chi connectivity index (χ1n) is 7.82. The van der Waals surface area contributed by atoms with E-state index < -0.39 is 20.2 Å². The lowest BCUT2D eigenvalue weighted by Crippen LogP contribution is -2.33. The molecule has 25 heavy (non-hydrogen) atoms. The number of nitrogens with one attached hydrogen (secondary N) is 1. The average molecular weight is 374 g/mol. The van der Waals surface area contributed by atoms with Gasteiger partial charge in [0.1, 0.15) is 5.82 Å². The van der Waals surface area contributed by atoms with E-state index in [1.54, 1.807) is 4.68 Å². The number of aryl methyl sites for hydroxylation is 2. The standard InChI is InChI=1S/C15H17F3N4O2S/c1-2-13-20-14-8-7-10(9-22(14)21-13)19-11-5-3-4-6-12(11)25(23,24)15(16,17)18/h3-6,10,19H,2,7-9H2,1H3. The van der Waals surface area contributed by atoms with Crippen molar-refractivity contribution in [3.63, 3.8) is 0 Å². The number of halogens is 3. The quantitative estimate of drug-likeness (QED) is 0.890. The maximum Gasteiger partial charge on any atom is 0.501 e. The van der Waals surface area contributed by atoms with Crippen molar-refractivity contribution in [1.82, 2.24) is 14.8 Å². The van der Waals surface area contributed by atoms with Crippen molar-refractivity contribution in [3.05, 3.63) is 35.9 Å². The van der Waals surface area contributed by atoms with E-state index in [0.717, 1.165) is 17.7 Å². The number of alkyl halides is 3. The third kappa shape index (κ3) is 3.35. The zero-order valence-corrected chi connectivity index (χ0v) is 14.2. The molecule has 1 aliphatic heterocycles. The maximum atomic E-state index is 12.9. The molecule has 0 aliphatic carbocycles. The number of hydrogen-bond donors (Lipinski definition) is 1. The summed E-state index contributed by atoms with van der Waals surface area (Å²) in [7, 11) is -5.42. The van der Waals surface area contributed by atoms with Crippen LogP contribution in [0, 0.1) is 0 Å². The van der Waals surface area contributed by atoms with Gasteiger partial charge in [-0.05, 0) is 18.6 Å². The van der Waals surface area contributed by atoms with Crippen LogP contribution in [0.3, 0.4) is 0 Å². The summed E-state index contributed by atoms with van der Waals surface area (Å²) in [5.41, 5.74) is -5.39. The first kappa shape index (κ1) is 17.7. The lowest BCUT2D eigenvalue weighted by Gasteiger charge is -2.25. The Bertz CT molecular complexity index is 877. The van der Waals surface area contributed by atoms with E-state index in [1.165, 1.54) is 18.2 Å². The van der Waals surface area contributed by atoms with Crippen molar-refractivity contribution >= 4 is 15.5 Å². The van der Waals surface area contributed by atoms with Gasteiger partial charge in [0, 0.05) is 18.9 Å². The lowest BCUT2D eigenvalue weighted by atomic mass is 10.1. The number of aromatic nitrogens is 3. The van der Waals surface area contributed by atoms with E-state index >= 15 is 0 Å². The first-order valence-corrected chi connectivity index (χ1v) is 9.30. The number of fused-ring (bicyclic) bond motifs is 1. The molecule has 136 valence electrons. The molecule has 10 heteroatoms. The molecule has 1 N–H and O–H groups in total. The fraction of sp³-hybridized carbons (Fsp3) is 0.467. The van der Waals surface area contributed by atoms with E-state index in [0.29, 0.717) is 25.8 Å². The van der Waals surface area contributed by atoms with Crippen LogP contribution in [-0.4, -0.2) is 34.7 Å². The number of para-hydroxylation sites is 1. The Morgan fingerprint density at radius 1 is 1.32 bits per heavy atom. The van der Waals surface area contributed by atoms with Crippen LogP contribution in [0.25, 0.3) is 0 Å². The van der Waals surface area contributed by atoms with Gasteiger partial charge in [-0.15, -0.1) is 0 Å². The van der Waals surface area contributed by atoms with E-state index in [2.05, 4.69) is 15.4 Å². The molecule has 3 rings (SSSR count). The second kappa shape index (κ2) is 6.32. The molecule has 0 radical (unpaired) electrons. The van der Waals surface area contributed by atoms with Crippen molar-refractivity contribution in [3.8, 4) is 0 Å². The monoisotopic (exact) mass is 374 g/mol. The molecular weight excluding hydrogens is 357 g/mol. The predicted molar refractivity (Wildman–Crippen MR) is 84.8 cm³/mol. The third-order valence-corrected chi connectivity index (χ3v) is 5.60. The molecule has 1 aliphatic rings. The summed E-state index contributed by atoms with van der Waals surface area (Å²) in [5, 5.41) is 7.27. The largest absolute Gasteiger partial charge is 0.501 e. The van der Waals surface area contributed by atoms with Gasteiger partial charge in [0.05, 0.1) is 17.1 Å². The average Bonchev–Trinajstić information content (AvgIpc) is 2.96. The highest BCUT2D eigenvalue weighted by Gasteiger charge is 2.48. The van der Waals surface area contributed by atoms with Crippen LogP contribution in [0.2, 0.25) is 0 Å². The smallest absolute Gasteiger partial charge is 0.379 e. The van der Waals surface area contributed by atoms with E-state index in [-0.39, 0.29) is 11.7 Å². The van der Waals surface area contributed by atoms with E-state index in [4.69, 9.17) is 0 Å². The predicted octanol–water partition coefficient (Wildman–Crippen LogP) is 2.56. The Morgan fingerprint density at radius 3 is 2.72 bits per heavy atom. The Morgan fingerprint density at radius 2 is 2.04 bits per heavy atom. The molecule has 0 saturated carbocycles. The van der Waals surface area contributed by atoms with Gasteiger partial charge in [0.2, 0.25) is 0 Å². The summed E-state index contributed by atoms with van der Waals surface area (Å²) in [6.07, 6.45) is 1.95.